The van der Waals surface area contributed by atoms with Gasteiger partial charge >= 0.3 is 0 Å². The van der Waals surface area contributed by atoms with E-state index in [0.717, 1.165) is 13.1 Å². The Hall–Kier alpha value is -1.85. The Bertz CT molecular complexity index is 578. The predicted octanol–water partition coefficient (Wildman–Crippen LogP) is 1.25. The Kier molecular flexibility index (Phi) is 5.15. The first kappa shape index (κ1) is 14.6. The number of fused-ring (bicyclic) bond motifs is 1. The topological polar surface area (TPSA) is 69.3 Å². The predicted molar refractivity (Wildman–Crippen MR) is 79.3 cm³/mol. The van der Waals surface area contributed by atoms with Gasteiger partial charge in [0, 0.05) is 39.4 Å². The molecule has 3 N–H and O–H groups in total. The molecule has 0 aliphatic heterocycles. The molecule has 1 aromatic carbocycles. The highest BCUT2D eigenvalue weighted by atomic mass is 16.5. The van der Waals surface area contributed by atoms with E-state index in [2.05, 4.69) is 28.1 Å². The number of rotatable bonds is 8. The fourth-order valence-electron chi connectivity index (χ4n) is 2.30. The highest BCUT2D eigenvalue weighted by Crippen LogP contribution is 2.20. The Morgan fingerprint density at radius 3 is 3.00 bits per heavy atom. The molecule has 0 fully saturated rings. The largest absolute Gasteiger partial charge is 0.383 e. The molecule has 0 radical (unpaired) electrons. The zero-order valence-corrected chi connectivity index (χ0v) is 11.8. The highest BCUT2D eigenvalue weighted by Gasteiger charge is 2.07. The van der Waals surface area contributed by atoms with E-state index >= 15 is 0 Å². The monoisotopic (exact) mass is 275 g/mol. The zero-order valence-electron chi connectivity index (χ0n) is 11.8. The SMILES string of the molecule is COCCNCc1cccc2ccn(CCC(N)=O)c12. The lowest BCUT2D eigenvalue weighted by atomic mass is 10.1. The smallest absolute Gasteiger partial charge is 0.219 e. The summed E-state index contributed by atoms with van der Waals surface area (Å²) in [6, 6.07) is 8.29. The number of carbonyl (C=O) groups excluding carboxylic acids is 1. The lowest BCUT2D eigenvalue weighted by molar-refractivity contribution is -0.118. The average molecular weight is 275 g/mol. The third-order valence-electron chi connectivity index (χ3n) is 3.27. The van der Waals surface area contributed by atoms with Gasteiger partial charge < -0.3 is 20.4 Å². The van der Waals surface area contributed by atoms with Crippen molar-refractivity contribution in [2.45, 2.75) is 19.5 Å². The number of amides is 1. The molecule has 1 aromatic heterocycles. The van der Waals surface area contributed by atoms with Crippen LogP contribution < -0.4 is 11.1 Å². The Morgan fingerprint density at radius 2 is 2.25 bits per heavy atom. The number of nitrogens with zero attached hydrogens (tertiary/aromatic N) is 1. The van der Waals surface area contributed by atoms with E-state index in [-0.39, 0.29) is 5.91 Å². The number of nitrogens with one attached hydrogen (secondary N) is 1. The van der Waals surface area contributed by atoms with Gasteiger partial charge in [-0.3, -0.25) is 4.79 Å². The minimum atomic E-state index is -0.275. The molecular weight excluding hydrogens is 254 g/mol. The summed E-state index contributed by atoms with van der Waals surface area (Å²) in [5.41, 5.74) is 7.61. The highest BCUT2D eigenvalue weighted by molar-refractivity contribution is 5.83. The van der Waals surface area contributed by atoms with Gasteiger partial charge in [-0.2, -0.15) is 0 Å². The fraction of sp³-hybridized carbons (Fsp3) is 0.400. The molecule has 108 valence electrons. The third-order valence-corrected chi connectivity index (χ3v) is 3.27. The fourth-order valence-corrected chi connectivity index (χ4v) is 2.30. The third kappa shape index (κ3) is 3.59. The van der Waals surface area contributed by atoms with Crippen LogP contribution >= 0.6 is 0 Å². The molecule has 2 rings (SSSR count). The summed E-state index contributed by atoms with van der Waals surface area (Å²) in [5, 5.41) is 4.53. The molecule has 0 atom stereocenters. The van der Waals surface area contributed by atoms with Crippen molar-refractivity contribution in [1.82, 2.24) is 9.88 Å². The number of nitrogens with two attached hydrogens (primary N) is 1. The second-order valence-electron chi connectivity index (χ2n) is 4.75. The quantitative estimate of drug-likeness (QED) is 0.712. The van der Waals surface area contributed by atoms with E-state index in [0.29, 0.717) is 19.6 Å². The molecule has 1 amide bonds. The summed E-state index contributed by atoms with van der Waals surface area (Å²) < 4.78 is 7.11. The van der Waals surface area contributed by atoms with Crippen LogP contribution in [0.5, 0.6) is 0 Å². The number of hydrogen-bond acceptors (Lipinski definition) is 3. The normalized spacial score (nSPS) is 11.1. The lowest BCUT2D eigenvalue weighted by Gasteiger charge is -2.10. The van der Waals surface area contributed by atoms with Gasteiger partial charge in [0.25, 0.3) is 0 Å². The maximum atomic E-state index is 10.9. The van der Waals surface area contributed by atoms with Gasteiger partial charge in [-0.25, -0.2) is 0 Å². The maximum absolute atomic E-state index is 10.9. The second-order valence-corrected chi connectivity index (χ2v) is 4.75. The number of ether oxygens (including phenoxy) is 1. The van der Waals surface area contributed by atoms with Crippen molar-refractivity contribution in [3.8, 4) is 0 Å². The Morgan fingerprint density at radius 1 is 1.40 bits per heavy atom. The first-order valence-corrected chi connectivity index (χ1v) is 6.77. The maximum Gasteiger partial charge on any atom is 0.219 e. The molecule has 5 nitrogen and oxygen atoms in total. The molecule has 0 saturated heterocycles. The molecule has 2 aromatic rings. The average Bonchev–Trinajstić information content (AvgIpc) is 2.85. The zero-order chi connectivity index (χ0) is 14.4. The van der Waals surface area contributed by atoms with Crippen molar-refractivity contribution in [3.63, 3.8) is 0 Å². The molecule has 0 bridgehead atoms. The van der Waals surface area contributed by atoms with Crippen molar-refractivity contribution < 1.29 is 9.53 Å². The summed E-state index contributed by atoms with van der Waals surface area (Å²) in [4.78, 5) is 10.9. The van der Waals surface area contributed by atoms with E-state index in [1.165, 1.54) is 16.5 Å². The van der Waals surface area contributed by atoms with Gasteiger partial charge in [-0.1, -0.05) is 18.2 Å². The number of hydrogen-bond donors (Lipinski definition) is 2. The van der Waals surface area contributed by atoms with Gasteiger partial charge in [-0.15, -0.1) is 0 Å². The second kappa shape index (κ2) is 7.07. The Balaban J connectivity index is 2.15. The van der Waals surface area contributed by atoms with Gasteiger partial charge in [0.15, 0.2) is 0 Å². The van der Waals surface area contributed by atoms with Crippen molar-refractivity contribution in [3.05, 3.63) is 36.0 Å². The number of carbonyl (C=O) groups is 1. The van der Waals surface area contributed by atoms with Gasteiger partial charge in [0.2, 0.25) is 5.91 Å². The summed E-state index contributed by atoms with van der Waals surface area (Å²) in [7, 11) is 1.69. The van der Waals surface area contributed by atoms with Crippen LogP contribution in [-0.4, -0.2) is 30.7 Å². The van der Waals surface area contributed by atoms with Crippen LogP contribution in [0, 0.1) is 0 Å². The minimum absolute atomic E-state index is 0.275. The number of methoxy groups -OCH3 is 1. The standard InChI is InChI=1S/C15H21N3O2/c1-20-10-7-17-11-13-4-2-3-12-5-8-18(15(12)13)9-6-14(16)19/h2-5,8,17H,6-7,9-11H2,1H3,(H2,16,19). The summed E-state index contributed by atoms with van der Waals surface area (Å²) in [6.45, 7) is 2.91. The lowest BCUT2D eigenvalue weighted by Crippen LogP contribution is -2.19. The first-order chi connectivity index (χ1) is 9.72. The van der Waals surface area contributed by atoms with E-state index in [4.69, 9.17) is 10.5 Å². The number of para-hydroxylation sites is 1. The van der Waals surface area contributed by atoms with Crippen LogP contribution in [0.3, 0.4) is 0 Å². The summed E-state index contributed by atoms with van der Waals surface area (Å²) in [5.74, 6) is -0.275. The summed E-state index contributed by atoms with van der Waals surface area (Å²) >= 11 is 0. The van der Waals surface area contributed by atoms with Crippen LogP contribution in [-0.2, 0) is 22.6 Å². The van der Waals surface area contributed by atoms with Gasteiger partial charge in [0.05, 0.1) is 12.1 Å². The number of primary amides is 1. The minimum Gasteiger partial charge on any atom is -0.383 e. The molecule has 0 aliphatic rings. The van der Waals surface area contributed by atoms with Crippen molar-refractivity contribution in [1.29, 1.82) is 0 Å². The van der Waals surface area contributed by atoms with Crippen LogP contribution in [0.15, 0.2) is 30.5 Å². The molecule has 0 saturated carbocycles. The summed E-state index contributed by atoms with van der Waals surface area (Å²) in [6.07, 6.45) is 2.36. The molecular formula is C15H21N3O2. The molecule has 20 heavy (non-hydrogen) atoms. The van der Waals surface area contributed by atoms with Crippen LogP contribution in [0.2, 0.25) is 0 Å². The van der Waals surface area contributed by atoms with Crippen molar-refractivity contribution in [2.75, 3.05) is 20.3 Å². The van der Waals surface area contributed by atoms with E-state index in [1.807, 2.05) is 12.3 Å². The van der Waals surface area contributed by atoms with E-state index < -0.39 is 0 Å². The Labute approximate surface area is 118 Å². The number of benzene rings is 1. The number of aryl methyl sites for hydroxylation is 1. The van der Waals surface area contributed by atoms with Crippen LogP contribution in [0.25, 0.3) is 10.9 Å². The van der Waals surface area contributed by atoms with Crippen molar-refractivity contribution in [2.24, 2.45) is 5.73 Å². The molecule has 5 heteroatoms. The van der Waals surface area contributed by atoms with Crippen LogP contribution in [0.1, 0.15) is 12.0 Å². The molecule has 1 heterocycles. The molecule has 0 aliphatic carbocycles. The first-order valence-electron chi connectivity index (χ1n) is 6.77. The van der Waals surface area contributed by atoms with Crippen LogP contribution in [0.4, 0.5) is 0 Å². The molecule has 0 unspecified atom stereocenters. The van der Waals surface area contributed by atoms with Gasteiger partial charge in [0.1, 0.15) is 0 Å². The van der Waals surface area contributed by atoms with E-state index in [1.54, 1.807) is 7.11 Å². The van der Waals surface area contributed by atoms with Crippen molar-refractivity contribution >= 4 is 16.8 Å². The molecule has 0 spiro atoms. The van der Waals surface area contributed by atoms with E-state index in [9.17, 15) is 4.79 Å². The number of aromatic nitrogens is 1. The van der Waals surface area contributed by atoms with Gasteiger partial charge in [-0.05, 0) is 17.0 Å².